The van der Waals surface area contributed by atoms with Crippen molar-refractivity contribution in [2.75, 3.05) is 6.79 Å². The van der Waals surface area contributed by atoms with Crippen LogP contribution in [0.1, 0.15) is 34.5 Å². The molecule has 0 N–H and O–H groups in total. The Morgan fingerprint density at radius 3 is 2.00 bits per heavy atom. The lowest BCUT2D eigenvalue weighted by Gasteiger charge is -2.14. The molecule has 0 saturated carbocycles. The number of fused-ring (bicyclic) bond motifs is 1. The van der Waals surface area contributed by atoms with E-state index in [1.165, 1.54) is 6.07 Å². The van der Waals surface area contributed by atoms with Crippen LogP contribution in [0.3, 0.4) is 0 Å². The molecule has 0 atom stereocenters. The molecule has 0 spiro atoms. The summed E-state index contributed by atoms with van der Waals surface area (Å²) in [5.74, 6) is 2.83. The van der Waals surface area contributed by atoms with Crippen LogP contribution in [0, 0.1) is 24.0 Å². The molecular weight excluding hydrogens is 326 g/mol. The number of ether oxygens (including phenoxy) is 2. The molecular formula is C18H15NO6. The van der Waals surface area contributed by atoms with Gasteiger partial charge in [-0.2, -0.15) is 0 Å². The third kappa shape index (κ3) is 2.63. The van der Waals surface area contributed by atoms with Crippen molar-refractivity contribution in [2.24, 2.45) is 0 Å². The van der Waals surface area contributed by atoms with E-state index in [0.29, 0.717) is 40.1 Å². The first-order valence-corrected chi connectivity index (χ1v) is 7.73. The Bertz CT molecular complexity index is 914. The monoisotopic (exact) mass is 341 g/mol. The summed E-state index contributed by atoms with van der Waals surface area (Å²) in [5, 5.41) is 11.6. The molecule has 0 saturated heterocycles. The third-order valence-corrected chi connectivity index (χ3v) is 4.12. The third-order valence-electron chi connectivity index (χ3n) is 4.12. The van der Waals surface area contributed by atoms with Gasteiger partial charge in [0.2, 0.25) is 6.79 Å². The molecule has 0 radical (unpaired) electrons. The van der Waals surface area contributed by atoms with Crippen molar-refractivity contribution in [1.82, 2.24) is 0 Å². The van der Waals surface area contributed by atoms with Crippen LogP contribution in [0.25, 0.3) is 0 Å². The van der Waals surface area contributed by atoms with Gasteiger partial charge in [-0.3, -0.25) is 10.1 Å². The number of furan rings is 2. The van der Waals surface area contributed by atoms with Crippen molar-refractivity contribution in [3.63, 3.8) is 0 Å². The van der Waals surface area contributed by atoms with Gasteiger partial charge < -0.3 is 18.3 Å². The molecule has 25 heavy (non-hydrogen) atoms. The van der Waals surface area contributed by atoms with Gasteiger partial charge in [0.1, 0.15) is 29.0 Å². The van der Waals surface area contributed by atoms with Crippen molar-refractivity contribution in [1.29, 1.82) is 0 Å². The van der Waals surface area contributed by atoms with E-state index in [1.54, 1.807) is 18.2 Å². The standard InChI is InChI=1S/C18H15NO6/c1-10-3-5-14(24-10)18(15-6-4-11(2)25-15)12-7-16-17(23-9-22-16)8-13(12)19(20)21/h3-8,18H,9H2,1-2H3. The lowest BCUT2D eigenvalue weighted by atomic mass is 9.92. The summed E-state index contributed by atoms with van der Waals surface area (Å²) in [6, 6.07) is 10.2. The van der Waals surface area contributed by atoms with Crippen molar-refractivity contribution in [3.05, 3.63) is 75.1 Å². The fraction of sp³-hybridized carbons (Fsp3) is 0.222. The van der Waals surface area contributed by atoms with E-state index in [4.69, 9.17) is 18.3 Å². The number of nitro groups is 1. The molecule has 4 rings (SSSR count). The predicted molar refractivity (Wildman–Crippen MR) is 87.1 cm³/mol. The fourth-order valence-electron chi connectivity index (χ4n) is 3.00. The SMILES string of the molecule is Cc1ccc(C(c2ccc(C)o2)c2cc3c(cc2[N+](=O)[O-])OCO3)o1. The second-order valence-electron chi connectivity index (χ2n) is 5.85. The summed E-state index contributed by atoms with van der Waals surface area (Å²) in [5.41, 5.74) is 0.357. The Hall–Kier alpha value is -3.22. The number of aryl methyl sites for hydroxylation is 2. The zero-order valence-electron chi connectivity index (χ0n) is 13.6. The van der Waals surface area contributed by atoms with Gasteiger partial charge in [0.25, 0.3) is 5.69 Å². The van der Waals surface area contributed by atoms with E-state index in [-0.39, 0.29) is 12.5 Å². The number of rotatable bonds is 4. The molecule has 1 aliphatic heterocycles. The van der Waals surface area contributed by atoms with Gasteiger partial charge in [-0.05, 0) is 44.2 Å². The average molecular weight is 341 g/mol. The molecule has 0 amide bonds. The van der Waals surface area contributed by atoms with Gasteiger partial charge in [-0.15, -0.1) is 0 Å². The molecule has 2 aromatic heterocycles. The number of hydrogen-bond donors (Lipinski definition) is 0. The molecule has 0 bridgehead atoms. The van der Waals surface area contributed by atoms with E-state index in [1.807, 2.05) is 26.0 Å². The van der Waals surface area contributed by atoms with Gasteiger partial charge in [0.15, 0.2) is 11.5 Å². The fourth-order valence-corrected chi connectivity index (χ4v) is 3.00. The minimum atomic E-state index is -0.558. The molecule has 3 heterocycles. The topological polar surface area (TPSA) is 87.9 Å². The van der Waals surface area contributed by atoms with Gasteiger partial charge in [-0.1, -0.05) is 0 Å². The maximum atomic E-state index is 11.6. The predicted octanol–water partition coefficient (Wildman–Crippen LogP) is 4.31. The van der Waals surface area contributed by atoms with Gasteiger partial charge >= 0.3 is 0 Å². The molecule has 0 aliphatic carbocycles. The highest BCUT2D eigenvalue weighted by molar-refractivity contribution is 5.59. The van der Waals surface area contributed by atoms with Crippen LogP contribution in [0.4, 0.5) is 5.69 Å². The van der Waals surface area contributed by atoms with Gasteiger partial charge in [0, 0.05) is 0 Å². The van der Waals surface area contributed by atoms with Gasteiger partial charge in [0.05, 0.1) is 16.6 Å². The zero-order valence-corrected chi connectivity index (χ0v) is 13.6. The first kappa shape index (κ1) is 15.3. The molecule has 7 nitrogen and oxygen atoms in total. The summed E-state index contributed by atoms with van der Waals surface area (Å²) >= 11 is 0. The number of nitro benzene ring substituents is 1. The number of nitrogens with zero attached hydrogens (tertiary/aromatic N) is 1. The lowest BCUT2D eigenvalue weighted by molar-refractivity contribution is -0.385. The summed E-state index contributed by atoms with van der Waals surface area (Å²) < 4.78 is 22.2. The largest absolute Gasteiger partial charge is 0.465 e. The molecule has 0 unspecified atom stereocenters. The normalized spacial score (nSPS) is 12.8. The van der Waals surface area contributed by atoms with Crippen LogP contribution in [0.2, 0.25) is 0 Å². The number of benzene rings is 1. The maximum absolute atomic E-state index is 11.6. The van der Waals surface area contributed by atoms with E-state index < -0.39 is 10.8 Å². The van der Waals surface area contributed by atoms with Crippen molar-refractivity contribution in [2.45, 2.75) is 19.8 Å². The average Bonchev–Trinajstić information content (AvgIpc) is 3.28. The van der Waals surface area contributed by atoms with Crippen LogP contribution in [0.15, 0.2) is 45.2 Å². The van der Waals surface area contributed by atoms with Crippen LogP contribution in [-0.4, -0.2) is 11.7 Å². The highest BCUT2D eigenvalue weighted by atomic mass is 16.7. The highest BCUT2D eigenvalue weighted by Gasteiger charge is 2.33. The minimum absolute atomic E-state index is 0.0420. The second-order valence-corrected chi connectivity index (χ2v) is 5.85. The molecule has 1 aromatic carbocycles. The number of hydrogen-bond acceptors (Lipinski definition) is 6. The summed E-state index contributed by atoms with van der Waals surface area (Å²) in [7, 11) is 0. The Morgan fingerprint density at radius 2 is 1.52 bits per heavy atom. The Labute approximate surface area is 142 Å². The van der Waals surface area contributed by atoms with E-state index in [0.717, 1.165) is 0 Å². The summed E-state index contributed by atoms with van der Waals surface area (Å²) in [4.78, 5) is 11.2. The van der Waals surface area contributed by atoms with E-state index in [9.17, 15) is 10.1 Å². The van der Waals surface area contributed by atoms with Crippen molar-refractivity contribution in [3.8, 4) is 11.5 Å². The Balaban J connectivity index is 1.95. The lowest BCUT2D eigenvalue weighted by Crippen LogP contribution is -2.05. The smallest absolute Gasteiger partial charge is 0.277 e. The Kier molecular flexibility index (Phi) is 3.49. The molecule has 3 aromatic rings. The highest BCUT2D eigenvalue weighted by Crippen LogP contribution is 2.45. The van der Waals surface area contributed by atoms with Crippen LogP contribution < -0.4 is 9.47 Å². The van der Waals surface area contributed by atoms with Gasteiger partial charge in [-0.25, -0.2) is 0 Å². The zero-order chi connectivity index (χ0) is 17.6. The van der Waals surface area contributed by atoms with Crippen molar-refractivity contribution < 1.29 is 23.2 Å². The molecule has 1 aliphatic rings. The quantitative estimate of drug-likeness (QED) is 0.519. The van der Waals surface area contributed by atoms with Crippen LogP contribution >= 0.6 is 0 Å². The van der Waals surface area contributed by atoms with Crippen molar-refractivity contribution >= 4 is 5.69 Å². The van der Waals surface area contributed by atoms with Crippen LogP contribution in [0.5, 0.6) is 11.5 Å². The summed E-state index contributed by atoms with van der Waals surface area (Å²) in [6.07, 6.45) is 0. The first-order valence-electron chi connectivity index (χ1n) is 7.73. The molecule has 128 valence electrons. The molecule has 0 fully saturated rings. The maximum Gasteiger partial charge on any atom is 0.277 e. The molecule has 7 heteroatoms. The minimum Gasteiger partial charge on any atom is -0.465 e. The van der Waals surface area contributed by atoms with Crippen LogP contribution in [-0.2, 0) is 0 Å². The Morgan fingerprint density at radius 1 is 0.960 bits per heavy atom. The second kappa shape index (κ2) is 5.70. The summed E-state index contributed by atoms with van der Waals surface area (Å²) in [6.45, 7) is 3.68. The first-order chi connectivity index (χ1) is 12.0. The van der Waals surface area contributed by atoms with E-state index in [2.05, 4.69) is 0 Å². The van der Waals surface area contributed by atoms with E-state index >= 15 is 0 Å².